The lowest BCUT2D eigenvalue weighted by Crippen LogP contribution is -2.22. The summed E-state index contributed by atoms with van der Waals surface area (Å²) in [6.45, 7) is 4.66. The Morgan fingerprint density at radius 3 is 2.50 bits per heavy atom. The van der Waals surface area contributed by atoms with Crippen LogP contribution < -0.4 is 10.3 Å². The molecule has 0 spiro atoms. The average molecular weight is 431 g/mol. The first-order valence-electron chi connectivity index (χ1n) is 10.6. The zero-order chi connectivity index (χ0) is 22.7. The number of aromatic nitrogens is 3. The van der Waals surface area contributed by atoms with Crippen molar-refractivity contribution in [3.63, 3.8) is 0 Å². The standard InChI is InChI=1S/C25H25N3O4/c1-16(2)8-13-20-23(26-22-14-21(25(30)31)27-28(22)24(20)29)18-9-11-19(12-10-18)32-15-17-6-4-3-5-7-17/h3-7,9-12,14,16,27H,8,13,15H2,1-2H3,(H,30,31). The van der Waals surface area contributed by atoms with E-state index >= 15 is 0 Å². The van der Waals surface area contributed by atoms with E-state index in [1.165, 1.54) is 10.6 Å². The van der Waals surface area contributed by atoms with Gasteiger partial charge in [-0.1, -0.05) is 44.2 Å². The molecule has 0 atom stereocenters. The summed E-state index contributed by atoms with van der Waals surface area (Å²) in [5, 5.41) is 11.9. The van der Waals surface area contributed by atoms with E-state index in [-0.39, 0.29) is 16.9 Å². The number of carboxylic acids is 1. The molecule has 4 rings (SSSR count). The predicted molar refractivity (Wildman–Crippen MR) is 122 cm³/mol. The van der Waals surface area contributed by atoms with Crippen molar-refractivity contribution >= 4 is 11.6 Å². The molecule has 32 heavy (non-hydrogen) atoms. The van der Waals surface area contributed by atoms with Crippen molar-refractivity contribution < 1.29 is 14.6 Å². The van der Waals surface area contributed by atoms with Crippen molar-refractivity contribution in [1.29, 1.82) is 0 Å². The minimum atomic E-state index is -1.14. The number of nitrogens with one attached hydrogen (secondary N) is 1. The zero-order valence-corrected chi connectivity index (χ0v) is 18.0. The molecule has 0 aliphatic heterocycles. The maximum Gasteiger partial charge on any atom is 0.353 e. The molecule has 7 heteroatoms. The maximum atomic E-state index is 13.2. The Kier molecular flexibility index (Phi) is 6.07. The molecule has 2 aromatic carbocycles. The van der Waals surface area contributed by atoms with Gasteiger partial charge in [-0.15, -0.1) is 0 Å². The van der Waals surface area contributed by atoms with Gasteiger partial charge in [0.2, 0.25) is 0 Å². The molecule has 0 bridgehead atoms. The number of rotatable bonds is 8. The number of ether oxygens (including phenoxy) is 1. The van der Waals surface area contributed by atoms with Gasteiger partial charge < -0.3 is 9.84 Å². The molecule has 0 fully saturated rings. The van der Waals surface area contributed by atoms with Gasteiger partial charge in [0.15, 0.2) is 5.65 Å². The minimum absolute atomic E-state index is 0.0776. The van der Waals surface area contributed by atoms with E-state index in [1.54, 1.807) is 0 Å². The molecule has 0 radical (unpaired) electrons. The molecule has 4 aromatic rings. The number of hydrogen-bond acceptors (Lipinski definition) is 4. The molecule has 7 nitrogen and oxygen atoms in total. The van der Waals surface area contributed by atoms with Crippen molar-refractivity contribution in [1.82, 2.24) is 14.6 Å². The molecule has 0 aliphatic carbocycles. The van der Waals surface area contributed by atoms with Gasteiger partial charge in [-0.3, -0.25) is 9.89 Å². The first-order chi connectivity index (χ1) is 15.4. The fraction of sp³-hybridized carbons (Fsp3) is 0.240. The van der Waals surface area contributed by atoms with Crippen LogP contribution in [0.15, 0.2) is 65.5 Å². The Morgan fingerprint density at radius 2 is 1.84 bits per heavy atom. The Hall–Kier alpha value is -3.87. The number of benzene rings is 2. The number of H-pyrrole nitrogens is 1. The van der Waals surface area contributed by atoms with Crippen LogP contribution in [-0.2, 0) is 13.0 Å². The highest BCUT2D eigenvalue weighted by atomic mass is 16.5. The molecular formula is C25H25N3O4. The Bertz CT molecular complexity index is 1290. The molecule has 164 valence electrons. The number of hydrogen-bond donors (Lipinski definition) is 2. The number of nitrogens with zero attached hydrogens (tertiary/aromatic N) is 2. The van der Waals surface area contributed by atoms with Crippen LogP contribution in [0, 0.1) is 5.92 Å². The smallest absolute Gasteiger partial charge is 0.353 e. The lowest BCUT2D eigenvalue weighted by molar-refractivity contribution is 0.0690. The monoisotopic (exact) mass is 431 g/mol. The van der Waals surface area contributed by atoms with Crippen molar-refractivity contribution in [3.8, 4) is 17.0 Å². The fourth-order valence-corrected chi connectivity index (χ4v) is 3.52. The van der Waals surface area contributed by atoms with Gasteiger partial charge in [0.05, 0.1) is 5.69 Å². The summed E-state index contributed by atoms with van der Waals surface area (Å²) < 4.78 is 7.07. The van der Waals surface area contributed by atoms with E-state index in [1.807, 2.05) is 54.6 Å². The summed E-state index contributed by atoms with van der Waals surface area (Å²) in [7, 11) is 0. The Labute approximate surface area is 185 Å². The largest absolute Gasteiger partial charge is 0.489 e. The van der Waals surface area contributed by atoms with Crippen LogP contribution >= 0.6 is 0 Å². The van der Waals surface area contributed by atoms with E-state index < -0.39 is 5.97 Å². The molecule has 0 saturated heterocycles. The lowest BCUT2D eigenvalue weighted by atomic mass is 9.99. The van der Waals surface area contributed by atoms with Crippen LogP contribution in [-0.4, -0.2) is 25.7 Å². The van der Waals surface area contributed by atoms with E-state index in [0.717, 1.165) is 17.5 Å². The molecule has 2 heterocycles. The number of fused-ring (bicyclic) bond motifs is 1. The molecule has 0 aliphatic rings. The summed E-state index contributed by atoms with van der Waals surface area (Å²) in [5.74, 6) is -0.0102. The highest BCUT2D eigenvalue weighted by Gasteiger charge is 2.18. The third kappa shape index (κ3) is 4.56. The van der Waals surface area contributed by atoms with Gasteiger partial charge in [0.25, 0.3) is 5.56 Å². The first-order valence-corrected chi connectivity index (χ1v) is 10.6. The summed E-state index contributed by atoms with van der Waals surface area (Å²) in [6, 6.07) is 18.7. The van der Waals surface area contributed by atoms with Crippen LogP contribution in [0.25, 0.3) is 16.9 Å². The fourth-order valence-electron chi connectivity index (χ4n) is 3.52. The molecule has 2 aromatic heterocycles. The van der Waals surface area contributed by atoms with E-state index in [2.05, 4.69) is 23.9 Å². The highest BCUT2D eigenvalue weighted by molar-refractivity contribution is 5.86. The second-order valence-corrected chi connectivity index (χ2v) is 8.14. The first kappa shape index (κ1) is 21.4. The third-order valence-electron chi connectivity index (χ3n) is 5.29. The van der Waals surface area contributed by atoms with Gasteiger partial charge in [0, 0.05) is 17.2 Å². The normalized spacial score (nSPS) is 11.2. The number of carboxylic acid groups (broad SMARTS) is 1. The number of aromatic carboxylic acids is 1. The second kappa shape index (κ2) is 9.09. The average Bonchev–Trinajstić information content (AvgIpc) is 3.23. The molecule has 0 saturated carbocycles. The molecule has 2 N–H and O–H groups in total. The Balaban J connectivity index is 1.68. The highest BCUT2D eigenvalue weighted by Crippen LogP contribution is 2.25. The van der Waals surface area contributed by atoms with Crippen molar-refractivity contribution in [3.05, 3.63) is 87.8 Å². The lowest BCUT2D eigenvalue weighted by Gasteiger charge is -2.12. The number of carbonyl (C=O) groups is 1. The molecular weight excluding hydrogens is 406 g/mol. The summed E-state index contributed by atoms with van der Waals surface area (Å²) in [6.07, 6.45) is 1.37. The maximum absolute atomic E-state index is 13.2. The Morgan fingerprint density at radius 1 is 1.12 bits per heavy atom. The molecule has 0 amide bonds. The van der Waals surface area contributed by atoms with Crippen LogP contribution in [0.1, 0.15) is 41.9 Å². The van der Waals surface area contributed by atoms with Crippen molar-refractivity contribution in [2.24, 2.45) is 5.92 Å². The van der Waals surface area contributed by atoms with E-state index in [9.17, 15) is 14.7 Å². The summed E-state index contributed by atoms with van der Waals surface area (Å²) in [4.78, 5) is 29.2. The van der Waals surface area contributed by atoms with Crippen LogP contribution in [0.4, 0.5) is 0 Å². The van der Waals surface area contributed by atoms with E-state index in [4.69, 9.17) is 4.74 Å². The second-order valence-electron chi connectivity index (χ2n) is 8.14. The van der Waals surface area contributed by atoms with Crippen LogP contribution in [0.5, 0.6) is 5.75 Å². The summed E-state index contributed by atoms with van der Waals surface area (Å²) >= 11 is 0. The van der Waals surface area contributed by atoms with Gasteiger partial charge in [-0.05, 0) is 48.6 Å². The zero-order valence-electron chi connectivity index (χ0n) is 18.0. The quantitative estimate of drug-likeness (QED) is 0.426. The van der Waals surface area contributed by atoms with Crippen molar-refractivity contribution in [2.45, 2.75) is 33.3 Å². The SMILES string of the molecule is CC(C)CCc1c(-c2ccc(OCc3ccccc3)cc2)nc2cc(C(=O)O)[nH]n2c1=O. The van der Waals surface area contributed by atoms with Crippen LogP contribution in [0.3, 0.4) is 0 Å². The van der Waals surface area contributed by atoms with Gasteiger partial charge in [-0.25, -0.2) is 14.3 Å². The van der Waals surface area contributed by atoms with Crippen molar-refractivity contribution in [2.75, 3.05) is 0 Å². The minimum Gasteiger partial charge on any atom is -0.489 e. The topological polar surface area (TPSA) is 96.7 Å². The van der Waals surface area contributed by atoms with Gasteiger partial charge in [-0.2, -0.15) is 0 Å². The molecule has 0 unspecified atom stereocenters. The van der Waals surface area contributed by atoms with Gasteiger partial charge >= 0.3 is 5.97 Å². The third-order valence-corrected chi connectivity index (χ3v) is 5.29. The van der Waals surface area contributed by atoms with Gasteiger partial charge in [0.1, 0.15) is 18.1 Å². The van der Waals surface area contributed by atoms with Crippen LogP contribution in [0.2, 0.25) is 0 Å². The predicted octanol–water partition coefficient (Wildman–Crippen LogP) is 4.56. The van der Waals surface area contributed by atoms with E-state index in [0.29, 0.717) is 36.0 Å². The number of aromatic amines is 1. The summed E-state index contributed by atoms with van der Waals surface area (Å²) in [5.41, 5.74) is 2.92.